The third kappa shape index (κ3) is 6.28. The van der Waals surface area contributed by atoms with Gasteiger partial charge in [0.15, 0.2) is 0 Å². The summed E-state index contributed by atoms with van der Waals surface area (Å²) < 4.78 is 3.07. The summed E-state index contributed by atoms with van der Waals surface area (Å²) in [6.07, 6.45) is 4.20. The molecule has 0 amide bonds. The van der Waals surface area contributed by atoms with E-state index in [0.717, 1.165) is 45.6 Å². The van der Waals surface area contributed by atoms with E-state index in [0.29, 0.717) is 29.7 Å². The van der Waals surface area contributed by atoms with Crippen molar-refractivity contribution in [2.24, 2.45) is 0 Å². The Balaban J connectivity index is 1.36. The Labute approximate surface area is 228 Å². The van der Waals surface area contributed by atoms with Gasteiger partial charge in [-0.25, -0.2) is 0 Å². The molecule has 3 heterocycles. The summed E-state index contributed by atoms with van der Waals surface area (Å²) in [6.45, 7) is 2.66. The molecule has 0 N–H and O–H groups in total. The lowest BCUT2D eigenvalue weighted by Gasteiger charge is -2.22. The normalized spacial score (nSPS) is 11.4. The second-order valence-electron chi connectivity index (χ2n) is 8.55. The third-order valence-corrected chi connectivity index (χ3v) is 7.17. The Morgan fingerprint density at radius 2 is 1.72 bits per heavy atom. The highest BCUT2D eigenvalue weighted by molar-refractivity contribution is 9.10. The van der Waals surface area contributed by atoms with Crippen molar-refractivity contribution in [3.63, 3.8) is 0 Å². The van der Waals surface area contributed by atoms with Crippen molar-refractivity contribution in [1.29, 1.82) is 0 Å². The molecule has 0 saturated heterocycles. The zero-order valence-electron chi connectivity index (χ0n) is 19.4. The number of para-hydroxylation sites is 1. The van der Waals surface area contributed by atoms with E-state index in [-0.39, 0.29) is 0 Å². The Morgan fingerprint density at radius 1 is 0.889 bits per heavy atom. The van der Waals surface area contributed by atoms with Gasteiger partial charge in [-0.1, -0.05) is 75.5 Å². The van der Waals surface area contributed by atoms with E-state index >= 15 is 0 Å². The Bertz CT molecular complexity index is 1470. The van der Waals surface area contributed by atoms with E-state index in [2.05, 4.69) is 78.5 Å². The quantitative estimate of drug-likeness (QED) is 0.197. The summed E-state index contributed by atoms with van der Waals surface area (Å²) in [7, 11) is 0. The lowest BCUT2D eigenvalue weighted by Crippen LogP contribution is -2.27. The van der Waals surface area contributed by atoms with Gasteiger partial charge in [0.2, 0.25) is 0 Å². The van der Waals surface area contributed by atoms with Gasteiger partial charge in [-0.05, 0) is 42.3 Å². The van der Waals surface area contributed by atoms with Crippen molar-refractivity contribution in [1.82, 2.24) is 29.6 Å². The van der Waals surface area contributed by atoms with E-state index in [1.54, 1.807) is 18.6 Å². The molecule has 0 aliphatic carbocycles. The number of rotatable bonds is 9. The second kappa shape index (κ2) is 11.5. The number of nitrogens with zero attached hydrogens (tertiary/aromatic N) is 6. The van der Waals surface area contributed by atoms with Crippen LogP contribution in [0.3, 0.4) is 0 Å². The molecule has 0 fully saturated rings. The maximum absolute atomic E-state index is 6.19. The van der Waals surface area contributed by atoms with Crippen LogP contribution in [-0.4, -0.2) is 36.2 Å². The van der Waals surface area contributed by atoms with E-state index in [4.69, 9.17) is 28.2 Å². The molecule has 5 aromatic rings. The van der Waals surface area contributed by atoms with Crippen molar-refractivity contribution >= 4 is 50.0 Å². The first kappa shape index (κ1) is 24.8. The number of hydrogen-bond donors (Lipinski definition) is 0. The molecular weight excluding hydrogens is 559 g/mol. The van der Waals surface area contributed by atoms with Crippen molar-refractivity contribution in [3.8, 4) is 0 Å². The van der Waals surface area contributed by atoms with Gasteiger partial charge in [0.25, 0.3) is 0 Å². The molecule has 0 atom stereocenters. The number of benzene rings is 2. The van der Waals surface area contributed by atoms with Crippen LogP contribution in [0.25, 0.3) is 10.9 Å². The highest BCUT2D eigenvalue weighted by Gasteiger charge is 2.14. The molecular formula is C27H23BrCl2N6. The maximum atomic E-state index is 6.19. The Morgan fingerprint density at radius 3 is 2.56 bits per heavy atom. The molecule has 3 aromatic heterocycles. The van der Waals surface area contributed by atoms with Crippen LogP contribution in [0, 0.1) is 0 Å². The largest absolute Gasteiger partial charge is 0.310 e. The molecule has 6 nitrogen and oxygen atoms in total. The highest BCUT2D eigenvalue weighted by atomic mass is 79.9. The fourth-order valence-corrected chi connectivity index (χ4v) is 4.57. The van der Waals surface area contributed by atoms with Crippen molar-refractivity contribution < 1.29 is 0 Å². The topological polar surface area (TPSA) is 59.7 Å². The SMILES string of the molecule is Clc1cnc(Cn2cnnc2CN(CCc2ccc(Br)cc2)Cc2ccc3ccccc3n2)cc1Cl. The van der Waals surface area contributed by atoms with E-state index in [1.807, 2.05) is 22.8 Å². The fraction of sp³-hybridized carbons (Fsp3) is 0.185. The molecule has 0 aliphatic heterocycles. The molecule has 0 bridgehead atoms. The van der Waals surface area contributed by atoms with Gasteiger partial charge in [-0.15, -0.1) is 10.2 Å². The van der Waals surface area contributed by atoms with Crippen LogP contribution in [-0.2, 0) is 26.1 Å². The molecule has 0 unspecified atom stereocenters. The van der Waals surface area contributed by atoms with Crippen molar-refractivity contribution in [3.05, 3.63) is 117 Å². The first-order chi connectivity index (χ1) is 17.5. The second-order valence-corrected chi connectivity index (χ2v) is 10.3. The predicted octanol–water partition coefficient (Wildman–Crippen LogP) is 6.58. The number of aromatic nitrogens is 5. The van der Waals surface area contributed by atoms with Crippen LogP contribution in [0.4, 0.5) is 0 Å². The van der Waals surface area contributed by atoms with Gasteiger partial charge < -0.3 is 4.57 Å². The van der Waals surface area contributed by atoms with Crippen LogP contribution in [0.2, 0.25) is 10.0 Å². The minimum atomic E-state index is 0.436. The lowest BCUT2D eigenvalue weighted by atomic mass is 10.1. The molecule has 5 rings (SSSR count). The predicted molar refractivity (Wildman–Crippen MR) is 147 cm³/mol. The van der Waals surface area contributed by atoms with Gasteiger partial charge in [0, 0.05) is 29.1 Å². The van der Waals surface area contributed by atoms with Crippen LogP contribution >= 0.6 is 39.1 Å². The number of fused-ring (bicyclic) bond motifs is 1. The highest BCUT2D eigenvalue weighted by Crippen LogP contribution is 2.22. The summed E-state index contributed by atoms with van der Waals surface area (Å²) in [5.74, 6) is 0.847. The minimum absolute atomic E-state index is 0.436. The molecule has 182 valence electrons. The van der Waals surface area contributed by atoms with E-state index in [1.165, 1.54) is 5.56 Å². The summed E-state index contributed by atoms with van der Waals surface area (Å²) >= 11 is 15.7. The van der Waals surface area contributed by atoms with Gasteiger partial charge in [0.05, 0.1) is 40.0 Å². The first-order valence-electron chi connectivity index (χ1n) is 11.5. The standard InChI is InChI=1S/C27H23BrCl2N6/c28-21-8-5-19(6-9-21)11-12-35(15-22-10-7-20-3-1-2-4-26(20)33-22)17-27-34-32-18-36(27)16-23-13-24(29)25(30)14-31-23/h1-10,13-14,18H,11-12,15-17H2. The van der Waals surface area contributed by atoms with Crippen LogP contribution in [0.5, 0.6) is 0 Å². The average Bonchev–Trinajstić information content (AvgIpc) is 3.32. The Kier molecular flexibility index (Phi) is 7.92. The summed E-state index contributed by atoms with van der Waals surface area (Å²) in [5, 5.41) is 10.6. The number of halogens is 3. The monoisotopic (exact) mass is 580 g/mol. The van der Waals surface area contributed by atoms with Crippen LogP contribution < -0.4 is 0 Å². The van der Waals surface area contributed by atoms with Crippen LogP contribution in [0.15, 0.2) is 83.7 Å². The molecule has 36 heavy (non-hydrogen) atoms. The van der Waals surface area contributed by atoms with Crippen molar-refractivity contribution in [2.45, 2.75) is 26.1 Å². The summed E-state index contributed by atoms with van der Waals surface area (Å²) in [5.41, 5.74) is 4.08. The first-order valence-corrected chi connectivity index (χ1v) is 13.1. The van der Waals surface area contributed by atoms with Gasteiger partial charge in [-0.3, -0.25) is 14.9 Å². The molecule has 0 aliphatic rings. The number of pyridine rings is 2. The van der Waals surface area contributed by atoms with E-state index < -0.39 is 0 Å². The summed E-state index contributed by atoms with van der Waals surface area (Å²) in [4.78, 5) is 11.6. The summed E-state index contributed by atoms with van der Waals surface area (Å²) in [6, 6.07) is 22.6. The van der Waals surface area contributed by atoms with Gasteiger partial charge in [0.1, 0.15) is 12.2 Å². The Hall–Kier alpha value is -2.84. The molecule has 9 heteroatoms. The molecule has 0 saturated carbocycles. The van der Waals surface area contributed by atoms with Gasteiger partial charge in [-0.2, -0.15) is 0 Å². The minimum Gasteiger partial charge on any atom is -0.310 e. The molecule has 2 aromatic carbocycles. The third-order valence-electron chi connectivity index (χ3n) is 5.93. The molecule has 0 radical (unpaired) electrons. The molecule has 0 spiro atoms. The fourth-order valence-electron chi connectivity index (χ4n) is 4.03. The van der Waals surface area contributed by atoms with Crippen LogP contribution in [0.1, 0.15) is 22.8 Å². The zero-order valence-corrected chi connectivity index (χ0v) is 22.5. The maximum Gasteiger partial charge on any atom is 0.147 e. The number of hydrogen-bond acceptors (Lipinski definition) is 5. The van der Waals surface area contributed by atoms with Gasteiger partial charge >= 0.3 is 0 Å². The average molecular weight is 582 g/mol. The van der Waals surface area contributed by atoms with E-state index in [9.17, 15) is 0 Å². The zero-order chi connectivity index (χ0) is 24.9. The lowest BCUT2D eigenvalue weighted by molar-refractivity contribution is 0.247. The smallest absolute Gasteiger partial charge is 0.147 e. The van der Waals surface area contributed by atoms with Crippen molar-refractivity contribution in [2.75, 3.05) is 6.54 Å².